The zero-order valence-electron chi connectivity index (χ0n) is 15.0. The van der Waals surface area contributed by atoms with Crippen molar-refractivity contribution in [3.8, 4) is 0 Å². The van der Waals surface area contributed by atoms with Crippen LogP contribution in [0.3, 0.4) is 0 Å². The third-order valence-electron chi connectivity index (χ3n) is 3.91. The molecule has 0 aromatic carbocycles. The number of furan rings is 1. The summed E-state index contributed by atoms with van der Waals surface area (Å²) in [5, 5.41) is 3.44. The first-order valence-corrected chi connectivity index (χ1v) is 8.28. The van der Waals surface area contributed by atoms with Gasteiger partial charge in [-0.3, -0.25) is 4.90 Å². The predicted molar refractivity (Wildman–Crippen MR) is 90.4 cm³/mol. The fourth-order valence-electron chi connectivity index (χ4n) is 2.60. The van der Waals surface area contributed by atoms with Crippen molar-refractivity contribution in [2.24, 2.45) is 11.8 Å². The van der Waals surface area contributed by atoms with Crippen molar-refractivity contribution < 1.29 is 4.42 Å². The number of rotatable bonds is 9. The molecule has 1 aromatic heterocycles. The summed E-state index contributed by atoms with van der Waals surface area (Å²) in [7, 11) is 2.20. The minimum Gasteiger partial charge on any atom is -0.465 e. The molecule has 1 unspecified atom stereocenters. The van der Waals surface area contributed by atoms with Crippen molar-refractivity contribution in [2.75, 3.05) is 13.6 Å². The van der Waals surface area contributed by atoms with Gasteiger partial charge in [-0.15, -0.1) is 0 Å². The summed E-state index contributed by atoms with van der Waals surface area (Å²) in [5.74, 6) is 3.51. The molecular formula is C18H34N2O. The topological polar surface area (TPSA) is 28.4 Å². The standard InChI is InChI=1S/C18H34N2O/c1-13(2)8-15(5)20(7)12-17-9-18(21-16(17)6)11-19-10-14(3)4/h9,13-15,19H,8,10-12H2,1-7H3. The lowest BCUT2D eigenvalue weighted by Crippen LogP contribution is -2.29. The van der Waals surface area contributed by atoms with Crippen LogP contribution in [0.15, 0.2) is 10.5 Å². The third kappa shape index (κ3) is 6.66. The van der Waals surface area contributed by atoms with Crippen LogP contribution in [0.1, 0.15) is 58.1 Å². The smallest absolute Gasteiger partial charge is 0.118 e. The highest BCUT2D eigenvalue weighted by atomic mass is 16.3. The first kappa shape index (κ1) is 18.2. The predicted octanol–water partition coefficient (Wildman–Crippen LogP) is 4.20. The van der Waals surface area contributed by atoms with Gasteiger partial charge in [-0.1, -0.05) is 27.7 Å². The van der Waals surface area contributed by atoms with Crippen LogP contribution in [0.25, 0.3) is 0 Å². The van der Waals surface area contributed by atoms with E-state index >= 15 is 0 Å². The van der Waals surface area contributed by atoms with Gasteiger partial charge in [0, 0.05) is 18.2 Å². The van der Waals surface area contributed by atoms with Gasteiger partial charge in [0.1, 0.15) is 11.5 Å². The first-order chi connectivity index (χ1) is 9.79. The van der Waals surface area contributed by atoms with Gasteiger partial charge in [0.15, 0.2) is 0 Å². The molecule has 21 heavy (non-hydrogen) atoms. The lowest BCUT2D eigenvalue weighted by atomic mass is 10.0. The van der Waals surface area contributed by atoms with Crippen molar-refractivity contribution in [1.29, 1.82) is 0 Å². The lowest BCUT2D eigenvalue weighted by molar-refractivity contribution is 0.219. The van der Waals surface area contributed by atoms with Crippen LogP contribution in [-0.4, -0.2) is 24.5 Å². The second kappa shape index (κ2) is 8.60. The van der Waals surface area contributed by atoms with Gasteiger partial charge in [0.05, 0.1) is 6.54 Å². The molecule has 3 nitrogen and oxygen atoms in total. The highest BCUT2D eigenvalue weighted by Gasteiger charge is 2.15. The molecule has 0 saturated carbocycles. The van der Waals surface area contributed by atoms with Gasteiger partial charge in [-0.2, -0.15) is 0 Å². The Morgan fingerprint density at radius 1 is 1.14 bits per heavy atom. The molecule has 0 radical (unpaired) electrons. The van der Waals surface area contributed by atoms with E-state index in [4.69, 9.17) is 4.42 Å². The van der Waals surface area contributed by atoms with E-state index in [0.29, 0.717) is 12.0 Å². The van der Waals surface area contributed by atoms with E-state index in [1.165, 1.54) is 12.0 Å². The van der Waals surface area contributed by atoms with E-state index in [0.717, 1.165) is 37.1 Å². The van der Waals surface area contributed by atoms with Gasteiger partial charge < -0.3 is 9.73 Å². The number of hydrogen-bond donors (Lipinski definition) is 1. The third-order valence-corrected chi connectivity index (χ3v) is 3.91. The molecule has 1 N–H and O–H groups in total. The summed E-state index contributed by atoms with van der Waals surface area (Å²) in [6.45, 7) is 16.2. The Kier molecular flexibility index (Phi) is 7.47. The molecule has 0 aliphatic rings. The molecule has 0 saturated heterocycles. The zero-order valence-corrected chi connectivity index (χ0v) is 15.0. The van der Waals surface area contributed by atoms with Gasteiger partial charge >= 0.3 is 0 Å². The molecule has 0 aliphatic heterocycles. The number of nitrogens with one attached hydrogen (secondary N) is 1. The van der Waals surface area contributed by atoms with Crippen LogP contribution in [-0.2, 0) is 13.1 Å². The average molecular weight is 294 g/mol. The molecule has 1 rings (SSSR count). The summed E-state index contributed by atoms with van der Waals surface area (Å²) >= 11 is 0. The maximum atomic E-state index is 5.87. The fraction of sp³-hybridized carbons (Fsp3) is 0.778. The van der Waals surface area contributed by atoms with E-state index in [9.17, 15) is 0 Å². The molecule has 0 spiro atoms. The average Bonchev–Trinajstić information content (AvgIpc) is 2.68. The Balaban J connectivity index is 2.53. The molecule has 1 aromatic rings. The summed E-state index contributed by atoms with van der Waals surface area (Å²) in [5.41, 5.74) is 1.31. The van der Waals surface area contributed by atoms with Crippen molar-refractivity contribution in [3.05, 3.63) is 23.2 Å². The monoisotopic (exact) mass is 294 g/mol. The van der Waals surface area contributed by atoms with Crippen LogP contribution in [0.4, 0.5) is 0 Å². The van der Waals surface area contributed by atoms with Gasteiger partial charge in [-0.05, 0) is 51.8 Å². The van der Waals surface area contributed by atoms with Gasteiger partial charge in [0.2, 0.25) is 0 Å². The minimum absolute atomic E-state index is 0.599. The Labute approximate surface area is 131 Å². The van der Waals surface area contributed by atoms with E-state index in [2.05, 4.69) is 64.9 Å². The van der Waals surface area contributed by atoms with Crippen LogP contribution < -0.4 is 5.32 Å². The van der Waals surface area contributed by atoms with Crippen LogP contribution in [0, 0.1) is 18.8 Å². The minimum atomic E-state index is 0.599. The van der Waals surface area contributed by atoms with Crippen molar-refractivity contribution >= 4 is 0 Å². The van der Waals surface area contributed by atoms with E-state index in [-0.39, 0.29) is 0 Å². The van der Waals surface area contributed by atoms with Crippen molar-refractivity contribution in [1.82, 2.24) is 10.2 Å². The molecule has 0 bridgehead atoms. The summed E-state index contributed by atoms with van der Waals surface area (Å²) in [6, 6.07) is 2.81. The highest BCUT2D eigenvalue weighted by molar-refractivity contribution is 5.20. The summed E-state index contributed by atoms with van der Waals surface area (Å²) < 4.78 is 5.87. The maximum absolute atomic E-state index is 5.87. The first-order valence-electron chi connectivity index (χ1n) is 8.28. The SMILES string of the molecule is Cc1oc(CNCC(C)C)cc1CN(C)C(C)CC(C)C. The second-order valence-corrected chi connectivity index (χ2v) is 7.21. The summed E-state index contributed by atoms with van der Waals surface area (Å²) in [4.78, 5) is 2.42. The van der Waals surface area contributed by atoms with Crippen molar-refractivity contribution in [3.63, 3.8) is 0 Å². The van der Waals surface area contributed by atoms with Gasteiger partial charge in [0.25, 0.3) is 0 Å². The van der Waals surface area contributed by atoms with Crippen LogP contribution in [0.5, 0.6) is 0 Å². The number of hydrogen-bond acceptors (Lipinski definition) is 3. The molecule has 122 valence electrons. The normalized spacial score (nSPS) is 13.6. The van der Waals surface area contributed by atoms with Crippen LogP contribution >= 0.6 is 0 Å². The van der Waals surface area contributed by atoms with E-state index < -0.39 is 0 Å². The van der Waals surface area contributed by atoms with E-state index in [1.54, 1.807) is 0 Å². The van der Waals surface area contributed by atoms with E-state index in [1.807, 2.05) is 0 Å². The molecule has 0 aliphatic carbocycles. The van der Waals surface area contributed by atoms with Crippen LogP contribution in [0.2, 0.25) is 0 Å². The largest absolute Gasteiger partial charge is 0.465 e. The molecule has 0 amide bonds. The maximum Gasteiger partial charge on any atom is 0.118 e. The number of aryl methyl sites for hydroxylation is 1. The Morgan fingerprint density at radius 2 is 1.81 bits per heavy atom. The Morgan fingerprint density at radius 3 is 2.38 bits per heavy atom. The molecule has 0 fully saturated rings. The lowest BCUT2D eigenvalue weighted by Gasteiger charge is -2.25. The van der Waals surface area contributed by atoms with Gasteiger partial charge in [-0.25, -0.2) is 0 Å². The quantitative estimate of drug-likeness (QED) is 0.740. The second-order valence-electron chi connectivity index (χ2n) is 7.21. The fourth-order valence-corrected chi connectivity index (χ4v) is 2.60. The number of nitrogens with zero attached hydrogens (tertiary/aromatic N) is 1. The molecule has 3 heteroatoms. The molecule has 1 atom stereocenters. The van der Waals surface area contributed by atoms with Crippen molar-refractivity contribution in [2.45, 2.75) is 67.1 Å². The highest BCUT2D eigenvalue weighted by Crippen LogP contribution is 2.19. The Bertz CT molecular complexity index is 409. The molecule has 1 heterocycles. The molecular weight excluding hydrogens is 260 g/mol. The summed E-state index contributed by atoms with van der Waals surface area (Å²) in [6.07, 6.45) is 1.23. The zero-order chi connectivity index (χ0) is 16.0. The Hall–Kier alpha value is -0.800.